The van der Waals surface area contributed by atoms with E-state index in [-0.39, 0.29) is 16.7 Å². The predicted molar refractivity (Wildman–Crippen MR) is 129 cm³/mol. The van der Waals surface area contributed by atoms with Crippen LogP contribution >= 0.6 is 15.9 Å². The quantitative estimate of drug-likeness (QED) is 0.128. The van der Waals surface area contributed by atoms with Crippen LogP contribution in [-0.4, -0.2) is 17.4 Å². The molecule has 2 unspecified atom stereocenters. The van der Waals surface area contributed by atoms with Gasteiger partial charge in [0.05, 0.1) is 6.61 Å². The third-order valence-electron chi connectivity index (χ3n) is 5.40. The van der Waals surface area contributed by atoms with E-state index in [0.29, 0.717) is 5.75 Å². The molecule has 0 aliphatic rings. The second kappa shape index (κ2) is 13.5. The number of unbranched alkanes of at least 4 members (excludes halogenated alkanes) is 5. The molecular formula is C26H35BrO3. The summed E-state index contributed by atoms with van der Waals surface area (Å²) in [6.45, 7) is 7.11. The number of hydrogen-bond acceptors (Lipinski definition) is 3. The van der Waals surface area contributed by atoms with Gasteiger partial charge in [-0.3, -0.25) is 4.79 Å². The molecule has 0 spiro atoms. The van der Waals surface area contributed by atoms with E-state index in [9.17, 15) is 4.79 Å². The molecule has 4 heteroatoms. The summed E-state index contributed by atoms with van der Waals surface area (Å²) in [5, 5.41) is 0. The normalized spacial score (nSPS) is 12.9. The number of carbonyl (C=O) groups excluding carboxylic acids is 1. The fourth-order valence-electron chi connectivity index (χ4n) is 3.14. The minimum Gasteiger partial charge on any atom is -0.494 e. The van der Waals surface area contributed by atoms with Crippen LogP contribution < -0.4 is 9.47 Å². The van der Waals surface area contributed by atoms with E-state index in [1.165, 1.54) is 32.1 Å². The summed E-state index contributed by atoms with van der Waals surface area (Å²) in [7, 11) is 0. The van der Waals surface area contributed by atoms with Crippen molar-refractivity contribution in [1.82, 2.24) is 0 Å². The van der Waals surface area contributed by atoms with Gasteiger partial charge in [0.2, 0.25) is 0 Å². The van der Waals surface area contributed by atoms with E-state index in [4.69, 9.17) is 9.47 Å². The lowest BCUT2D eigenvalue weighted by molar-refractivity contribution is -0.134. The highest BCUT2D eigenvalue weighted by molar-refractivity contribution is 9.10. The summed E-state index contributed by atoms with van der Waals surface area (Å²) in [5.41, 5.74) is 2.19. The molecule has 0 N–H and O–H groups in total. The topological polar surface area (TPSA) is 35.5 Å². The van der Waals surface area contributed by atoms with E-state index in [1.54, 1.807) is 0 Å². The number of rotatable bonds is 13. The van der Waals surface area contributed by atoms with Crippen molar-refractivity contribution in [3.8, 4) is 22.6 Å². The summed E-state index contributed by atoms with van der Waals surface area (Å²) in [4.78, 5) is 11.9. The lowest BCUT2D eigenvalue weighted by atomic mass is 10.1. The van der Waals surface area contributed by atoms with Gasteiger partial charge in [0.25, 0.3) is 0 Å². The Morgan fingerprint density at radius 2 is 1.37 bits per heavy atom. The number of halogens is 1. The standard InChI is InChI=1S/C26H35BrO3/c1-4-6-7-8-9-10-19-29-23-15-11-21(12-16-23)22-13-17-24(18-14-22)30-26(28)25(27)20(3)5-2/h11-18,20,25H,4-10,19H2,1-3H3. The van der Waals surface area contributed by atoms with Gasteiger partial charge in [0.1, 0.15) is 16.3 Å². The highest BCUT2D eigenvalue weighted by Gasteiger charge is 2.22. The molecule has 0 heterocycles. The Bertz CT molecular complexity index is 740. The van der Waals surface area contributed by atoms with Gasteiger partial charge in [-0.05, 0) is 47.7 Å². The number of benzene rings is 2. The Kier molecular flexibility index (Phi) is 11.0. The molecule has 2 atom stereocenters. The first-order valence-electron chi connectivity index (χ1n) is 11.2. The van der Waals surface area contributed by atoms with Crippen molar-refractivity contribution >= 4 is 21.9 Å². The Hall–Kier alpha value is -1.81. The van der Waals surface area contributed by atoms with Gasteiger partial charge in [-0.15, -0.1) is 0 Å². The molecule has 0 fully saturated rings. The minimum atomic E-state index is -0.286. The van der Waals surface area contributed by atoms with Crippen LogP contribution in [0.3, 0.4) is 0 Å². The Balaban J connectivity index is 1.81. The summed E-state index contributed by atoms with van der Waals surface area (Å²) < 4.78 is 11.3. The van der Waals surface area contributed by atoms with Crippen LogP contribution in [0, 0.1) is 5.92 Å². The van der Waals surface area contributed by atoms with Crippen molar-refractivity contribution in [3.05, 3.63) is 48.5 Å². The molecule has 0 aliphatic carbocycles. The van der Waals surface area contributed by atoms with E-state index in [1.807, 2.05) is 43.3 Å². The largest absolute Gasteiger partial charge is 0.494 e. The second-order valence-corrected chi connectivity index (χ2v) is 8.86. The second-order valence-electron chi connectivity index (χ2n) is 7.87. The third kappa shape index (κ3) is 8.14. The molecule has 2 rings (SSSR count). The van der Waals surface area contributed by atoms with E-state index < -0.39 is 0 Å². The van der Waals surface area contributed by atoms with Gasteiger partial charge < -0.3 is 9.47 Å². The van der Waals surface area contributed by atoms with Crippen molar-refractivity contribution in [1.29, 1.82) is 0 Å². The Morgan fingerprint density at radius 1 is 0.833 bits per heavy atom. The van der Waals surface area contributed by atoms with Crippen molar-refractivity contribution in [3.63, 3.8) is 0 Å². The van der Waals surface area contributed by atoms with Gasteiger partial charge in [-0.1, -0.05) is 99.5 Å². The Labute approximate surface area is 190 Å². The minimum absolute atomic E-state index is 0.235. The number of esters is 1. The molecule has 0 radical (unpaired) electrons. The first-order chi connectivity index (χ1) is 14.5. The van der Waals surface area contributed by atoms with Crippen LogP contribution in [0.15, 0.2) is 48.5 Å². The first-order valence-corrected chi connectivity index (χ1v) is 12.2. The van der Waals surface area contributed by atoms with Crippen LogP contribution in [0.4, 0.5) is 0 Å². The van der Waals surface area contributed by atoms with Crippen LogP contribution in [0.1, 0.15) is 65.7 Å². The molecule has 0 aliphatic heterocycles. The van der Waals surface area contributed by atoms with Crippen molar-refractivity contribution < 1.29 is 14.3 Å². The van der Waals surface area contributed by atoms with Crippen LogP contribution in [0.2, 0.25) is 0 Å². The predicted octanol–water partition coefficient (Wildman–Crippen LogP) is 7.81. The number of hydrogen-bond donors (Lipinski definition) is 0. The maximum absolute atomic E-state index is 12.2. The fourth-order valence-corrected chi connectivity index (χ4v) is 3.61. The van der Waals surface area contributed by atoms with Crippen LogP contribution in [0.5, 0.6) is 11.5 Å². The van der Waals surface area contributed by atoms with Crippen molar-refractivity contribution in [2.45, 2.75) is 70.5 Å². The monoisotopic (exact) mass is 474 g/mol. The highest BCUT2D eigenvalue weighted by atomic mass is 79.9. The van der Waals surface area contributed by atoms with E-state index >= 15 is 0 Å². The zero-order chi connectivity index (χ0) is 21.8. The molecular weight excluding hydrogens is 440 g/mol. The summed E-state index contributed by atoms with van der Waals surface area (Å²) in [6, 6.07) is 15.8. The Morgan fingerprint density at radius 3 is 1.93 bits per heavy atom. The SMILES string of the molecule is CCCCCCCCOc1ccc(-c2ccc(OC(=O)C(Br)C(C)CC)cc2)cc1. The fraction of sp³-hybridized carbons (Fsp3) is 0.500. The number of carbonyl (C=O) groups is 1. The van der Waals surface area contributed by atoms with Crippen molar-refractivity contribution in [2.24, 2.45) is 5.92 Å². The maximum atomic E-state index is 12.2. The smallest absolute Gasteiger partial charge is 0.325 e. The van der Waals surface area contributed by atoms with Gasteiger partial charge in [0, 0.05) is 0 Å². The maximum Gasteiger partial charge on any atom is 0.325 e. The average Bonchev–Trinajstić information content (AvgIpc) is 2.78. The molecule has 0 bridgehead atoms. The first kappa shape index (κ1) is 24.5. The number of alkyl halides is 1. The van der Waals surface area contributed by atoms with Crippen LogP contribution in [0.25, 0.3) is 11.1 Å². The lowest BCUT2D eigenvalue weighted by Crippen LogP contribution is -2.26. The summed E-state index contributed by atoms with van der Waals surface area (Å²) in [5.74, 6) is 1.46. The lowest BCUT2D eigenvalue weighted by Gasteiger charge is -2.15. The van der Waals surface area contributed by atoms with E-state index in [0.717, 1.165) is 36.3 Å². The molecule has 0 amide bonds. The molecule has 0 aromatic heterocycles. The molecule has 164 valence electrons. The zero-order valence-corrected chi connectivity index (χ0v) is 20.1. The third-order valence-corrected chi connectivity index (χ3v) is 6.67. The molecule has 0 saturated carbocycles. The van der Waals surface area contributed by atoms with Gasteiger partial charge >= 0.3 is 5.97 Å². The number of ether oxygens (including phenoxy) is 2. The summed E-state index contributed by atoms with van der Waals surface area (Å²) >= 11 is 3.43. The van der Waals surface area contributed by atoms with Crippen molar-refractivity contribution in [2.75, 3.05) is 6.61 Å². The van der Waals surface area contributed by atoms with Gasteiger partial charge in [-0.25, -0.2) is 0 Å². The van der Waals surface area contributed by atoms with Gasteiger partial charge in [0.15, 0.2) is 0 Å². The molecule has 3 nitrogen and oxygen atoms in total. The average molecular weight is 475 g/mol. The summed E-state index contributed by atoms with van der Waals surface area (Å²) in [6.07, 6.45) is 8.52. The molecule has 2 aromatic carbocycles. The highest BCUT2D eigenvalue weighted by Crippen LogP contribution is 2.26. The van der Waals surface area contributed by atoms with Crippen LogP contribution in [-0.2, 0) is 4.79 Å². The zero-order valence-electron chi connectivity index (χ0n) is 18.5. The molecule has 2 aromatic rings. The molecule has 0 saturated heterocycles. The van der Waals surface area contributed by atoms with E-state index in [2.05, 4.69) is 41.9 Å². The van der Waals surface area contributed by atoms with Gasteiger partial charge in [-0.2, -0.15) is 0 Å². The molecule has 30 heavy (non-hydrogen) atoms.